The molecule has 0 bridgehead atoms. The van der Waals surface area contributed by atoms with E-state index in [0.717, 1.165) is 52.8 Å². The van der Waals surface area contributed by atoms with Crippen LogP contribution in [0.3, 0.4) is 0 Å². The van der Waals surface area contributed by atoms with Gasteiger partial charge in [-0.05, 0) is 43.1 Å². The van der Waals surface area contributed by atoms with Gasteiger partial charge in [-0.2, -0.15) is 4.37 Å². The van der Waals surface area contributed by atoms with E-state index in [-0.39, 0.29) is 0 Å². The zero-order chi connectivity index (χ0) is 19.1. The van der Waals surface area contributed by atoms with Crippen molar-refractivity contribution in [1.29, 1.82) is 0 Å². The molecule has 0 radical (unpaired) electrons. The summed E-state index contributed by atoms with van der Waals surface area (Å²) in [5.74, 6) is 1.06. The van der Waals surface area contributed by atoms with Gasteiger partial charge in [-0.1, -0.05) is 6.08 Å². The van der Waals surface area contributed by atoms with Crippen molar-refractivity contribution in [2.45, 2.75) is 13.3 Å². The molecule has 0 saturated heterocycles. The molecule has 0 aliphatic carbocycles. The van der Waals surface area contributed by atoms with Crippen molar-refractivity contribution in [3.05, 3.63) is 48.3 Å². The predicted molar refractivity (Wildman–Crippen MR) is 111 cm³/mol. The number of hydrogen-bond donors (Lipinski definition) is 3. The average molecular weight is 393 g/mol. The van der Waals surface area contributed by atoms with Crippen molar-refractivity contribution in [2.24, 2.45) is 0 Å². The lowest BCUT2D eigenvalue weighted by atomic mass is 10.1. The van der Waals surface area contributed by atoms with E-state index in [0.29, 0.717) is 11.7 Å². The summed E-state index contributed by atoms with van der Waals surface area (Å²) in [7, 11) is 0. The van der Waals surface area contributed by atoms with Gasteiger partial charge in [0.25, 0.3) is 0 Å². The van der Waals surface area contributed by atoms with E-state index >= 15 is 0 Å². The number of imidazole rings is 1. The SMILES string of the molecule is Cc1cc(Nc2nc(C3=CCCNC3)cn3c(-c4coc(N)c4)cnc23)sn1. The second kappa shape index (κ2) is 6.77. The fourth-order valence-corrected chi connectivity index (χ4v) is 3.97. The minimum Gasteiger partial charge on any atom is -0.449 e. The molecule has 0 spiro atoms. The molecule has 5 rings (SSSR count). The van der Waals surface area contributed by atoms with Crippen molar-refractivity contribution >= 4 is 39.5 Å². The summed E-state index contributed by atoms with van der Waals surface area (Å²) in [4.78, 5) is 9.47. The normalized spacial score (nSPS) is 14.4. The number of nitrogens with one attached hydrogen (secondary N) is 2. The molecular formula is C19H19N7OS. The van der Waals surface area contributed by atoms with E-state index in [9.17, 15) is 0 Å². The zero-order valence-electron chi connectivity index (χ0n) is 15.3. The van der Waals surface area contributed by atoms with Gasteiger partial charge in [-0.15, -0.1) is 0 Å². The molecule has 9 heteroatoms. The first-order valence-electron chi connectivity index (χ1n) is 9.00. The summed E-state index contributed by atoms with van der Waals surface area (Å²) in [5, 5.41) is 7.72. The lowest BCUT2D eigenvalue weighted by Crippen LogP contribution is -2.22. The molecule has 0 amide bonds. The molecule has 1 aliphatic heterocycles. The van der Waals surface area contributed by atoms with Crippen molar-refractivity contribution in [3.63, 3.8) is 0 Å². The first-order chi connectivity index (χ1) is 13.7. The van der Waals surface area contributed by atoms with Gasteiger partial charge in [-0.3, -0.25) is 4.40 Å². The number of fused-ring (bicyclic) bond motifs is 1. The molecule has 0 atom stereocenters. The average Bonchev–Trinajstić information content (AvgIpc) is 3.42. The van der Waals surface area contributed by atoms with Crippen LogP contribution in [0.15, 0.2) is 41.3 Å². The largest absolute Gasteiger partial charge is 0.449 e. The molecule has 1 aliphatic rings. The maximum absolute atomic E-state index is 5.77. The summed E-state index contributed by atoms with van der Waals surface area (Å²) < 4.78 is 11.7. The minimum absolute atomic E-state index is 0.372. The molecular weight excluding hydrogens is 374 g/mol. The molecule has 4 N–H and O–H groups in total. The van der Waals surface area contributed by atoms with E-state index in [1.54, 1.807) is 12.3 Å². The molecule has 5 heterocycles. The highest BCUT2D eigenvalue weighted by atomic mass is 32.1. The molecule has 4 aromatic rings. The van der Waals surface area contributed by atoms with Crippen LogP contribution in [0, 0.1) is 6.92 Å². The molecule has 0 fully saturated rings. The van der Waals surface area contributed by atoms with Crippen molar-refractivity contribution in [3.8, 4) is 11.3 Å². The summed E-state index contributed by atoms with van der Waals surface area (Å²) >= 11 is 1.40. The van der Waals surface area contributed by atoms with Gasteiger partial charge in [0, 0.05) is 24.4 Å². The molecule has 0 unspecified atom stereocenters. The number of nitrogen functional groups attached to an aromatic ring is 1. The third kappa shape index (κ3) is 3.04. The van der Waals surface area contributed by atoms with E-state index in [1.807, 2.05) is 29.8 Å². The van der Waals surface area contributed by atoms with Gasteiger partial charge in [-0.25, -0.2) is 9.97 Å². The number of nitrogens with zero attached hydrogens (tertiary/aromatic N) is 4. The van der Waals surface area contributed by atoms with Crippen LogP contribution in [-0.2, 0) is 0 Å². The van der Waals surface area contributed by atoms with E-state index in [1.165, 1.54) is 17.1 Å². The number of aryl methyl sites for hydroxylation is 1. The van der Waals surface area contributed by atoms with Crippen LogP contribution in [0.2, 0.25) is 0 Å². The number of anilines is 3. The highest BCUT2D eigenvalue weighted by Crippen LogP contribution is 2.30. The Balaban J connectivity index is 1.68. The lowest BCUT2D eigenvalue weighted by Gasteiger charge is -2.16. The first-order valence-corrected chi connectivity index (χ1v) is 9.77. The predicted octanol–water partition coefficient (Wildman–Crippen LogP) is 3.46. The second-order valence-corrected chi connectivity index (χ2v) is 7.51. The van der Waals surface area contributed by atoms with E-state index in [4.69, 9.17) is 15.1 Å². The third-order valence-corrected chi connectivity index (χ3v) is 5.43. The van der Waals surface area contributed by atoms with Gasteiger partial charge < -0.3 is 20.8 Å². The number of aromatic nitrogens is 4. The minimum atomic E-state index is 0.372. The quantitative estimate of drug-likeness (QED) is 0.487. The molecule has 28 heavy (non-hydrogen) atoms. The highest BCUT2D eigenvalue weighted by molar-refractivity contribution is 7.10. The fourth-order valence-electron chi connectivity index (χ4n) is 3.31. The Morgan fingerprint density at radius 1 is 1.36 bits per heavy atom. The fraction of sp³-hybridized carbons (Fsp3) is 0.211. The summed E-state index contributed by atoms with van der Waals surface area (Å²) in [6.07, 6.45) is 8.68. The Morgan fingerprint density at radius 2 is 2.29 bits per heavy atom. The number of furan rings is 1. The second-order valence-electron chi connectivity index (χ2n) is 6.70. The van der Waals surface area contributed by atoms with Crippen LogP contribution in [0.25, 0.3) is 22.5 Å². The highest BCUT2D eigenvalue weighted by Gasteiger charge is 2.17. The Kier molecular flexibility index (Phi) is 4.10. The molecule has 8 nitrogen and oxygen atoms in total. The number of nitrogens with two attached hydrogens (primary N) is 1. The molecule has 0 saturated carbocycles. The van der Waals surface area contributed by atoms with Gasteiger partial charge >= 0.3 is 0 Å². The van der Waals surface area contributed by atoms with Crippen molar-refractivity contribution in [1.82, 2.24) is 24.1 Å². The Labute approximate surface area is 165 Å². The molecule has 4 aromatic heterocycles. The van der Waals surface area contributed by atoms with Crippen LogP contribution < -0.4 is 16.4 Å². The standard InChI is InChI=1S/C19H19N7OS/c1-11-5-17(28-25-11)24-18-19-22-8-15(13-6-16(20)27-10-13)26(19)9-14(23-18)12-3-2-4-21-7-12/h3,5-6,8-10,21H,2,4,7,20H2,1H3,(H,23,24). The summed E-state index contributed by atoms with van der Waals surface area (Å²) in [5.41, 5.74) is 11.3. The van der Waals surface area contributed by atoms with E-state index in [2.05, 4.69) is 26.1 Å². The molecule has 0 aromatic carbocycles. The Hall–Kier alpha value is -3.17. The number of hydrogen-bond acceptors (Lipinski definition) is 8. The van der Waals surface area contributed by atoms with Crippen molar-refractivity contribution in [2.75, 3.05) is 24.1 Å². The lowest BCUT2D eigenvalue weighted by molar-refractivity contribution is 0.588. The van der Waals surface area contributed by atoms with Crippen LogP contribution in [0.4, 0.5) is 16.7 Å². The van der Waals surface area contributed by atoms with Gasteiger partial charge in [0.05, 0.1) is 23.3 Å². The van der Waals surface area contributed by atoms with Crippen molar-refractivity contribution < 1.29 is 4.42 Å². The smallest absolute Gasteiger partial charge is 0.190 e. The number of rotatable bonds is 4. The summed E-state index contributed by atoms with van der Waals surface area (Å²) in [6, 6.07) is 3.79. The van der Waals surface area contributed by atoms with E-state index < -0.39 is 0 Å². The van der Waals surface area contributed by atoms with Gasteiger partial charge in [0.15, 0.2) is 17.3 Å². The first kappa shape index (κ1) is 17.0. The Morgan fingerprint density at radius 3 is 3.00 bits per heavy atom. The van der Waals surface area contributed by atoms with Crippen LogP contribution in [-0.4, -0.2) is 31.8 Å². The van der Waals surface area contributed by atoms with Crippen LogP contribution in [0.5, 0.6) is 0 Å². The monoisotopic (exact) mass is 393 g/mol. The maximum Gasteiger partial charge on any atom is 0.190 e. The van der Waals surface area contributed by atoms with Gasteiger partial charge in [0.1, 0.15) is 11.3 Å². The zero-order valence-corrected chi connectivity index (χ0v) is 16.1. The van der Waals surface area contributed by atoms with Crippen LogP contribution in [0.1, 0.15) is 17.8 Å². The topological polar surface area (TPSA) is 106 Å². The third-order valence-electron chi connectivity index (χ3n) is 4.63. The van der Waals surface area contributed by atoms with Gasteiger partial charge in [0.2, 0.25) is 0 Å². The maximum atomic E-state index is 5.77. The Bertz CT molecular complexity index is 1190. The van der Waals surface area contributed by atoms with Crippen LogP contribution >= 0.6 is 11.5 Å². The molecule has 142 valence electrons. The summed E-state index contributed by atoms with van der Waals surface area (Å²) in [6.45, 7) is 3.75.